The number of nitrogens with two attached hydrogens (primary N) is 1. The summed E-state index contributed by atoms with van der Waals surface area (Å²) in [7, 11) is 6.53. The summed E-state index contributed by atoms with van der Waals surface area (Å²) in [6, 6.07) is 12.2. The summed E-state index contributed by atoms with van der Waals surface area (Å²) in [5.41, 5.74) is 6.95. The number of urea groups is 1. The van der Waals surface area contributed by atoms with E-state index in [2.05, 4.69) is 51.9 Å². The molecule has 3 aliphatic rings. The number of thiazole rings is 1. The highest BCUT2D eigenvalue weighted by atomic mass is 32.1. The maximum absolute atomic E-state index is 15.2. The Labute approximate surface area is 738 Å². The summed E-state index contributed by atoms with van der Waals surface area (Å²) in [5.74, 6) is -7.49. The van der Waals surface area contributed by atoms with Crippen LogP contribution in [0.5, 0.6) is 0 Å². The number of hydrogen-bond donors (Lipinski definition) is 6. The number of aliphatic hydroxyl groups excluding tert-OH is 1. The lowest BCUT2D eigenvalue weighted by Crippen LogP contribution is -2.54. The van der Waals surface area contributed by atoms with Gasteiger partial charge in [0.25, 0.3) is 5.91 Å². The quantitative estimate of drug-likeness (QED) is 0.0227. The Kier molecular flexibility index (Phi) is 47.5. The van der Waals surface area contributed by atoms with E-state index in [9.17, 15) is 57.8 Å². The number of nitrogens with zero attached hydrogens (tertiary/aromatic N) is 7. The molecule has 0 spiro atoms. The minimum absolute atomic E-state index is 0.0149. The molecular weight excluding hydrogens is 1610 g/mol. The summed E-state index contributed by atoms with van der Waals surface area (Å²) in [6.45, 7) is 27.2. The molecule has 12 atom stereocenters. The Balaban J connectivity index is 0.00000667. The van der Waals surface area contributed by atoms with Crippen molar-refractivity contribution in [1.82, 2.24) is 50.3 Å². The molecule has 7 N–H and O–H groups in total. The third-order valence-electron chi connectivity index (χ3n) is 23.1. The molecule has 32 nitrogen and oxygen atoms in total. The van der Waals surface area contributed by atoms with Gasteiger partial charge >= 0.3 is 12.1 Å². The lowest BCUT2D eigenvalue weighted by Gasteiger charge is -2.41. The van der Waals surface area contributed by atoms with Crippen LogP contribution in [-0.2, 0) is 87.6 Å². The molecule has 6 rings (SSSR count). The number of aromatic nitrogens is 1. The van der Waals surface area contributed by atoms with Gasteiger partial charge < -0.3 is 85.0 Å². The fraction of sp³-hybridized carbons (Fsp3) is 0.692. The molecule has 3 aromatic rings. The number of primary amides is 1. The van der Waals surface area contributed by atoms with Crippen LogP contribution in [0.4, 0.5) is 15.3 Å². The van der Waals surface area contributed by atoms with Gasteiger partial charge in [-0.1, -0.05) is 132 Å². The molecule has 0 aliphatic carbocycles. The number of piperazine rings is 1. The molecule has 11 amide bonds. The lowest BCUT2D eigenvalue weighted by atomic mass is 9.80. The maximum atomic E-state index is 15.2. The van der Waals surface area contributed by atoms with Crippen LogP contribution in [0.1, 0.15) is 195 Å². The number of likely N-dealkylation sites (N-methyl/N-ethyl adjacent to an activating group) is 3. The number of likely N-dealkylation sites (tertiary alicyclic amines) is 2. The number of carbonyl (C=O) groups is 13. The van der Waals surface area contributed by atoms with E-state index in [1.165, 1.54) is 54.7 Å². The number of hydrogen-bond acceptors (Lipinski definition) is 23. The average Bonchev–Trinajstić information content (AvgIpc) is 1.23. The highest BCUT2D eigenvalue weighted by molar-refractivity contribution is 7.09. The van der Waals surface area contributed by atoms with E-state index in [0.29, 0.717) is 65.0 Å². The number of ketones is 3. The van der Waals surface area contributed by atoms with Gasteiger partial charge in [0.2, 0.25) is 47.5 Å². The molecule has 1 unspecified atom stereocenters. The zero-order valence-corrected chi connectivity index (χ0v) is 77.1. The molecule has 0 saturated carbocycles. The fourth-order valence-corrected chi connectivity index (χ4v) is 16.6. The second kappa shape index (κ2) is 55.7. The van der Waals surface area contributed by atoms with Crippen molar-refractivity contribution >= 4 is 93.8 Å². The number of methoxy groups -OCH3 is 1. The zero-order chi connectivity index (χ0) is 91.7. The second-order valence-corrected chi connectivity index (χ2v) is 35.5. The van der Waals surface area contributed by atoms with Gasteiger partial charge in [-0.3, -0.25) is 57.6 Å². The lowest BCUT2D eigenvalue weighted by molar-refractivity contribution is -0.148. The number of ether oxygens (including phenoxy) is 6. The molecule has 1 aromatic heterocycles. The van der Waals surface area contributed by atoms with E-state index in [1.54, 1.807) is 55.6 Å². The molecule has 0 bridgehead atoms. The summed E-state index contributed by atoms with van der Waals surface area (Å²) >= 11 is 1.51. The van der Waals surface area contributed by atoms with Gasteiger partial charge in [0.05, 0.1) is 88.5 Å². The van der Waals surface area contributed by atoms with E-state index < -0.39 is 107 Å². The number of rotatable bonds is 55. The topological polar surface area (TPSA) is 404 Å². The molecular formula is C91H144N12O20S. The Morgan fingerprint density at radius 2 is 1.29 bits per heavy atom. The first-order valence-electron chi connectivity index (χ1n) is 44.3. The number of aliphatic hydroxyl groups is 1. The monoisotopic (exact) mass is 1760 g/mol. The van der Waals surface area contributed by atoms with E-state index in [4.69, 9.17) is 34.2 Å². The second-order valence-electron chi connectivity index (χ2n) is 34.5. The van der Waals surface area contributed by atoms with Crippen molar-refractivity contribution in [2.24, 2.45) is 59.0 Å². The standard InChI is InChI=1S/C87H134N12O20S.C4H10/c1-14-59(8)80(72(114-13)54-77(108)98-35-19-23-68(98)67(55-100)60(9)69(101)52-64(83-90-34-49-120-83)50-61-20-16-15-17-21-61)95(11)84(110)66(56(2)3)53-71(103)79(58(6)7)96(12)87(113)119-81(85(111)97-39-37-94(10)38-40-97)62-24-26-65(27-25-62)92-82(109)63(22-18-32-91-86(88)112)51-70(102)78(57(4)5)93-74(105)31-41-115-43-45-117-47-48-118-46-44-116-42-33-89-73(104)30-36-99-75(106)28-29-76(99)107;1-4(2)3/h15-17,20-21,24-27,34,49,56-60,63-64,66-68,72,78-81,100H,14,18-19,22-23,28-33,35-48,50-55H2,1-13H3,(H,89,104)(H,92,109)(H,93,105)(H3,88,91,112);4H,1-3H3/t59-,60+,63+,64+,66-,67+,68-,72+,78-,79-,80-,81?;/m0./s1. The van der Waals surface area contributed by atoms with Crippen LogP contribution < -0.4 is 27.0 Å². The van der Waals surface area contributed by atoms with Crippen molar-refractivity contribution in [1.29, 1.82) is 0 Å². The zero-order valence-electron chi connectivity index (χ0n) is 76.3. The molecule has 694 valence electrons. The number of imide groups is 1. The van der Waals surface area contributed by atoms with Crippen LogP contribution >= 0.6 is 11.3 Å². The predicted molar refractivity (Wildman–Crippen MR) is 472 cm³/mol. The van der Waals surface area contributed by atoms with Gasteiger partial charge in [0.1, 0.15) is 5.78 Å². The highest BCUT2D eigenvalue weighted by Crippen LogP contribution is 2.36. The molecule has 4 heterocycles. The third-order valence-corrected chi connectivity index (χ3v) is 24.1. The normalized spacial score (nSPS) is 17.0. The summed E-state index contributed by atoms with van der Waals surface area (Å²) in [5, 5.41) is 24.7. The highest BCUT2D eigenvalue weighted by Gasteiger charge is 2.45. The van der Waals surface area contributed by atoms with E-state index in [0.717, 1.165) is 21.4 Å². The Morgan fingerprint density at radius 1 is 0.677 bits per heavy atom. The molecule has 124 heavy (non-hydrogen) atoms. The van der Waals surface area contributed by atoms with Crippen molar-refractivity contribution in [3.8, 4) is 0 Å². The molecule has 33 heteroatoms. The van der Waals surface area contributed by atoms with Crippen molar-refractivity contribution in [3.05, 3.63) is 82.3 Å². The van der Waals surface area contributed by atoms with E-state index >= 15 is 9.59 Å². The van der Waals surface area contributed by atoms with Gasteiger partial charge in [-0.05, 0) is 86.4 Å². The number of nitrogens with one attached hydrogen (secondary N) is 4. The Morgan fingerprint density at radius 3 is 1.85 bits per heavy atom. The van der Waals surface area contributed by atoms with Crippen LogP contribution in [0.2, 0.25) is 0 Å². The number of Topliss-reactive ketones (excluding diaryl/α,β-unsaturated/α-hetero) is 3. The van der Waals surface area contributed by atoms with Crippen molar-refractivity contribution < 1.29 is 95.9 Å². The minimum Gasteiger partial charge on any atom is -0.431 e. The molecule has 3 fully saturated rings. The van der Waals surface area contributed by atoms with E-state index in [1.807, 2.05) is 77.4 Å². The third kappa shape index (κ3) is 35.3. The van der Waals surface area contributed by atoms with Gasteiger partial charge in [-0.25, -0.2) is 14.6 Å². The van der Waals surface area contributed by atoms with Gasteiger partial charge in [0.15, 0.2) is 11.6 Å². The number of amides is 11. The predicted octanol–water partition coefficient (Wildman–Crippen LogP) is 8.66. The molecule has 3 saturated heterocycles. The Hall–Kier alpha value is -8.70. The van der Waals surface area contributed by atoms with Crippen LogP contribution in [0, 0.1) is 53.3 Å². The first-order chi connectivity index (χ1) is 59.0. The van der Waals surface area contributed by atoms with Gasteiger partial charge in [-0.15, -0.1) is 11.3 Å². The van der Waals surface area contributed by atoms with Gasteiger partial charge in [-0.2, -0.15) is 0 Å². The van der Waals surface area contributed by atoms with Crippen LogP contribution in [0.15, 0.2) is 66.2 Å². The number of carbonyl (C=O) groups excluding carboxylic acids is 13. The van der Waals surface area contributed by atoms with Crippen LogP contribution in [0.25, 0.3) is 0 Å². The number of benzene rings is 2. The van der Waals surface area contributed by atoms with Crippen LogP contribution in [0.3, 0.4) is 0 Å². The van der Waals surface area contributed by atoms with Crippen molar-refractivity contribution in [2.45, 2.75) is 215 Å². The summed E-state index contributed by atoms with van der Waals surface area (Å²) in [6.07, 6.45) is 1.22. The van der Waals surface area contributed by atoms with Gasteiger partial charge in [0, 0.05) is 184 Å². The van der Waals surface area contributed by atoms with Crippen LogP contribution in [-0.4, -0.2) is 287 Å². The average molecular weight is 1760 g/mol. The van der Waals surface area contributed by atoms with E-state index in [-0.39, 0.29) is 207 Å². The SMILES string of the molecule is CC(C)C.CC[C@H](C)[C@@H]([C@@H](CC(=O)N1CCC[C@H]1[C@H](CO)[C@@H](C)C(=O)C[C@@H](Cc1ccccc1)c1nccs1)OC)N(C)C(=O)[C@@H](CC(=O)[C@H](C(C)C)N(C)C(=O)OC(C(=O)N1CCN(C)CC1)c1ccc(NC(=O)[C@H](CCCNC(N)=O)CC(=O)[C@@H](NC(=O)CCOCCOCCOCCOCCNC(=O)CCN2C(=O)CCC2=O)C(C)C)cc1)C(C)C. The first-order valence-corrected chi connectivity index (χ1v) is 45.2. The maximum Gasteiger partial charge on any atom is 0.411 e. The smallest absolute Gasteiger partial charge is 0.411 e. The fourth-order valence-electron chi connectivity index (χ4n) is 15.9. The summed E-state index contributed by atoms with van der Waals surface area (Å²) in [4.78, 5) is 192. The van der Waals surface area contributed by atoms with Crippen molar-refractivity contribution in [3.63, 3.8) is 0 Å². The largest absolute Gasteiger partial charge is 0.431 e. The summed E-state index contributed by atoms with van der Waals surface area (Å²) < 4.78 is 34.6. The molecule has 3 aliphatic heterocycles. The van der Waals surface area contributed by atoms with Crippen molar-refractivity contribution in [2.75, 3.05) is 145 Å². The first kappa shape index (κ1) is 106. The Bertz CT molecular complexity index is 3790. The minimum atomic E-state index is -1.52. The molecule has 0 radical (unpaired) electrons. The number of anilines is 1. The molecule has 2 aromatic carbocycles.